The molecule has 2 unspecified atom stereocenters. The molecular formula is C18H19F3N2O3S. The minimum atomic E-state index is -4.75. The Hall–Kier alpha value is -2.55. The molecule has 0 saturated carbocycles. The third-order valence-corrected chi connectivity index (χ3v) is 4.63. The van der Waals surface area contributed by atoms with E-state index in [9.17, 15) is 22.8 Å². The maximum atomic E-state index is 12.3. The molecule has 1 aromatic heterocycles. The third-order valence-electron chi connectivity index (χ3n) is 3.64. The largest absolute Gasteiger partial charge is 0.573 e. The molecule has 2 rings (SSSR count). The van der Waals surface area contributed by atoms with Crippen LogP contribution in [0.15, 0.2) is 41.8 Å². The van der Waals surface area contributed by atoms with Crippen molar-refractivity contribution in [2.75, 3.05) is 0 Å². The highest BCUT2D eigenvalue weighted by Gasteiger charge is 2.31. The van der Waals surface area contributed by atoms with Gasteiger partial charge >= 0.3 is 6.36 Å². The summed E-state index contributed by atoms with van der Waals surface area (Å²) < 4.78 is 40.4. The highest BCUT2D eigenvalue weighted by Crippen LogP contribution is 2.25. The average Bonchev–Trinajstić information content (AvgIpc) is 3.07. The van der Waals surface area contributed by atoms with Crippen molar-refractivity contribution in [3.05, 3.63) is 52.2 Å². The Morgan fingerprint density at radius 2 is 1.81 bits per heavy atom. The van der Waals surface area contributed by atoms with Crippen molar-refractivity contribution in [1.82, 2.24) is 10.6 Å². The molecule has 0 aliphatic carbocycles. The van der Waals surface area contributed by atoms with Gasteiger partial charge in [-0.15, -0.1) is 24.5 Å². The van der Waals surface area contributed by atoms with E-state index in [1.165, 1.54) is 42.5 Å². The molecular weight excluding hydrogens is 381 g/mol. The number of halogens is 3. The fourth-order valence-electron chi connectivity index (χ4n) is 2.48. The molecule has 0 spiro atoms. The SMILES string of the molecule is CC(=O)NC(CC(=O)NC(C)c1ccc(OC(F)(F)F)cc1)c1cccs1. The van der Waals surface area contributed by atoms with E-state index in [0.29, 0.717) is 5.56 Å². The molecule has 0 aliphatic rings. The van der Waals surface area contributed by atoms with Crippen LogP contribution in [0.3, 0.4) is 0 Å². The van der Waals surface area contributed by atoms with Crippen LogP contribution >= 0.6 is 11.3 Å². The second-order valence-corrected chi connectivity index (χ2v) is 6.86. The quantitative estimate of drug-likeness (QED) is 0.736. The van der Waals surface area contributed by atoms with Gasteiger partial charge in [0.05, 0.1) is 18.5 Å². The Bertz CT molecular complexity index is 761. The second kappa shape index (κ2) is 8.90. The van der Waals surface area contributed by atoms with Gasteiger partial charge in [-0.1, -0.05) is 18.2 Å². The zero-order chi connectivity index (χ0) is 20.0. The van der Waals surface area contributed by atoms with Gasteiger partial charge in [0, 0.05) is 11.8 Å². The first-order valence-electron chi connectivity index (χ1n) is 8.09. The zero-order valence-electron chi connectivity index (χ0n) is 14.7. The van der Waals surface area contributed by atoms with Crippen molar-refractivity contribution < 1.29 is 27.5 Å². The smallest absolute Gasteiger partial charge is 0.406 e. The number of ether oxygens (including phenoxy) is 1. The maximum Gasteiger partial charge on any atom is 0.573 e. The number of rotatable bonds is 7. The second-order valence-electron chi connectivity index (χ2n) is 5.88. The number of carbonyl (C=O) groups is 2. The van der Waals surface area contributed by atoms with Crippen LogP contribution < -0.4 is 15.4 Å². The molecule has 1 aromatic carbocycles. The van der Waals surface area contributed by atoms with Crippen LogP contribution in [-0.4, -0.2) is 18.2 Å². The average molecular weight is 400 g/mol. The van der Waals surface area contributed by atoms with Crippen molar-refractivity contribution in [2.45, 2.75) is 38.7 Å². The van der Waals surface area contributed by atoms with Crippen LogP contribution in [0.2, 0.25) is 0 Å². The van der Waals surface area contributed by atoms with Crippen LogP contribution in [0.1, 0.15) is 42.8 Å². The topological polar surface area (TPSA) is 67.4 Å². The van der Waals surface area contributed by atoms with E-state index >= 15 is 0 Å². The molecule has 2 N–H and O–H groups in total. The molecule has 1 heterocycles. The van der Waals surface area contributed by atoms with Crippen molar-refractivity contribution in [3.8, 4) is 5.75 Å². The summed E-state index contributed by atoms with van der Waals surface area (Å²) in [5, 5.41) is 7.38. The number of benzene rings is 1. The summed E-state index contributed by atoms with van der Waals surface area (Å²) in [7, 11) is 0. The molecule has 0 aliphatic heterocycles. The minimum absolute atomic E-state index is 0.0553. The summed E-state index contributed by atoms with van der Waals surface area (Å²) in [5.41, 5.74) is 0.630. The molecule has 2 atom stereocenters. The molecule has 146 valence electrons. The summed E-state index contributed by atoms with van der Waals surface area (Å²) >= 11 is 1.44. The summed E-state index contributed by atoms with van der Waals surface area (Å²) in [6, 6.07) is 8.11. The van der Waals surface area contributed by atoms with Crippen LogP contribution in [0, 0.1) is 0 Å². The summed E-state index contributed by atoms with van der Waals surface area (Å²) in [5.74, 6) is -0.854. The van der Waals surface area contributed by atoms with Crippen molar-refractivity contribution in [2.24, 2.45) is 0 Å². The third kappa shape index (κ3) is 6.93. The Morgan fingerprint density at radius 1 is 1.15 bits per heavy atom. The monoisotopic (exact) mass is 400 g/mol. The number of hydrogen-bond donors (Lipinski definition) is 2. The van der Waals surface area contributed by atoms with Gasteiger partial charge in [0.2, 0.25) is 11.8 Å². The van der Waals surface area contributed by atoms with E-state index in [1.807, 2.05) is 17.5 Å². The van der Waals surface area contributed by atoms with Gasteiger partial charge < -0.3 is 15.4 Å². The molecule has 9 heteroatoms. The normalized spacial score (nSPS) is 13.5. The Morgan fingerprint density at radius 3 is 2.33 bits per heavy atom. The molecule has 2 amide bonds. The van der Waals surface area contributed by atoms with Gasteiger partial charge in [0.15, 0.2) is 0 Å². The number of nitrogens with one attached hydrogen (secondary N) is 2. The molecule has 0 bridgehead atoms. The highest BCUT2D eigenvalue weighted by molar-refractivity contribution is 7.10. The van der Waals surface area contributed by atoms with Gasteiger partial charge in [-0.05, 0) is 36.1 Å². The molecule has 27 heavy (non-hydrogen) atoms. The molecule has 5 nitrogen and oxygen atoms in total. The lowest BCUT2D eigenvalue weighted by molar-refractivity contribution is -0.274. The first kappa shape index (κ1) is 20.8. The van der Waals surface area contributed by atoms with Crippen molar-refractivity contribution in [3.63, 3.8) is 0 Å². The fraction of sp³-hybridized carbons (Fsp3) is 0.333. The molecule has 2 aromatic rings. The lowest BCUT2D eigenvalue weighted by Crippen LogP contribution is -2.33. The van der Waals surface area contributed by atoms with Gasteiger partial charge in [0.1, 0.15) is 5.75 Å². The number of thiophene rings is 1. The number of alkyl halides is 3. The van der Waals surface area contributed by atoms with E-state index < -0.39 is 18.4 Å². The standard InChI is InChI=1S/C18H19F3N2O3S/c1-11(13-5-7-14(8-6-13)26-18(19,20)21)22-17(25)10-15(23-12(2)24)16-4-3-9-27-16/h3-9,11,15H,10H2,1-2H3,(H,22,25)(H,23,24). The van der Waals surface area contributed by atoms with Gasteiger partial charge in [-0.25, -0.2) is 0 Å². The van der Waals surface area contributed by atoms with Gasteiger partial charge in [-0.2, -0.15) is 0 Å². The van der Waals surface area contributed by atoms with Crippen LogP contribution in [-0.2, 0) is 9.59 Å². The van der Waals surface area contributed by atoms with E-state index in [-0.39, 0.29) is 24.0 Å². The number of carbonyl (C=O) groups excluding carboxylic acids is 2. The zero-order valence-corrected chi connectivity index (χ0v) is 15.5. The van der Waals surface area contributed by atoms with Crippen molar-refractivity contribution >= 4 is 23.2 Å². The van der Waals surface area contributed by atoms with Crippen LogP contribution in [0.5, 0.6) is 5.75 Å². The first-order chi connectivity index (χ1) is 12.6. The maximum absolute atomic E-state index is 12.3. The summed E-state index contributed by atoms with van der Waals surface area (Å²) in [4.78, 5) is 24.6. The van der Waals surface area contributed by atoms with E-state index in [1.54, 1.807) is 6.92 Å². The lowest BCUT2D eigenvalue weighted by atomic mass is 10.1. The molecule has 0 radical (unpaired) electrons. The summed E-state index contributed by atoms with van der Waals surface area (Å²) in [6.45, 7) is 3.10. The van der Waals surface area contributed by atoms with Crippen LogP contribution in [0.25, 0.3) is 0 Å². The fourth-order valence-corrected chi connectivity index (χ4v) is 3.26. The van der Waals surface area contributed by atoms with Gasteiger partial charge in [0.25, 0.3) is 0 Å². The van der Waals surface area contributed by atoms with Crippen LogP contribution in [0.4, 0.5) is 13.2 Å². The Balaban J connectivity index is 1.96. The number of hydrogen-bond acceptors (Lipinski definition) is 4. The molecule has 0 saturated heterocycles. The highest BCUT2D eigenvalue weighted by atomic mass is 32.1. The number of amides is 2. The first-order valence-corrected chi connectivity index (χ1v) is 8.97. The Kier molecular flexibility index (Phi) is 6.84. The van der Waals surface area contributed by atoms with E-state index in [0.717, 1.165) is 4.88 Å². The molecule has 0 fully saturated rings. The summed E-state index contributed by atoms with van der Waals surface area (Å²) in [6.07, 6.45) is -4.69. The minimum Gasteiger partial charge on any atom is -0.406 e. The predicted molar refractivity (Wildman–Crippen MR) is 95.2 cm³/mol. The predicted octanol–water partition coefficient (Wildman–Crippen LogP) is 4.09. The Labute approximate surface area is 158 Å². The van der Waals surface area contributed by atoms with Crippen molar-refractivity contribution in [1.29, 1.82) is 0 Å². The lowest BCUT2D eigenvalue weighted by Gasteiger charge is -2.19. The van der Waals surface area contributed by atoms with E-state index in [4.69, 9.17) is 0 Å². The van der Waals surface area contributed by atoms with Gasteiger partial charge in [-0.3, -0.25) is 9.59 Å². The van der Waals surface area contributed by atoms with E-state index in [2.05, 4.69) is 15.4 Å².